The Morgan fingerprint density at radius 1 is 1.12 bits per heavy atom. The lowest BCUT2D eigenvalue weighted by Gasteiger charge is -2.39. The van der Waals surface area contributed by atoms with E-state index in [9.17, 15) is 14.6 Å². The lowest BCUT2D eigenvalue weighted by atomic mass is 9.69. The molecule has 0 spiro atoms. The van der Waals surface area contributed by atoms with Crippen molar-refractivity contribution in [3.05, 3.63) is 64.2 Å². The largest absolute Gasteiger partial charge is 0.466 e. The van der Waals surface area contributed by atoms with Gasteiger partial charge in [0.1, 0.15) is 0 Å². The number of nitrogens with zero attached hydrogens (tertiary/aromatic N) is 3. The molecule has 33 heavy (non-hydrogen) atoms. The summed E-state index contributed by atoms with van der Waals surface area (Å²) >= 11 is 0. The van der Waals surface area contributed by atoms with Crippen molar-refractivity contribution in [1.29, 1.82) is 0 Å². The van der Waals surface area contributed by atoms with Crippen LogP contribution in [0.3, 0.4) is 0 Å². The summed E-state index contributed by atoms with van der Waals surface area (Å²) in [5.74, 6) is -0.655. The molecule has 2 amide bonds. The minimum Gasteiger partial charge on any atom is -0.428 e. The monoisotopic (exact) mass is 448 g/mol. The Labute approximate surface area is 196 Å². The lowest BCUT2D eigenvalue weighted by Crippen LogP contribution is -2.56. The van der Waals surface area contributed by atoms with Crippen LogP contribution >= 0.6 is 0 Å². The van der Waals surface area contributed by atoms with Gasteiger partial charge in [0.15, 0.2) is 0 Å². The van der Waals surface area contributed by atoms with Crippen LogP contribution in [0.4, 0.5) is 0 Å². The minimum atomic E-state index is -0.941. The molecular weight excluding hydrogens is 415 g/mol. The number of nitrogens with one attached hydrogen (secondary N) is 1. The first-order valence-corrected chi connectivity index (χ1v) is 11.2. The highest BCUT2D eigenvalue weighted by molar-refractivity contribution is 6.65. The molecule has 1 aliphatic rings. The van der Waals surface area contributed by atoms with Gasteiger partial charge in [0.2, 0.25) is 0 Å². The van der Waals surface area contributed by atoms with Crippen LogP contribution in [-0.2, 0) is 0 Å². The standard InChI is InChI=1S/C25H33BN4O3/c1-8-22(25(4,5)6)30(24(32)20-12-16(2)11-17(3)13-20)28-23(31)18-9-10-19-15-27-29(7)26(33)21(19)14-18/h9-15,22,33H,8H2,1-7H3,(H,28,31). The molecule has 1 atom stereocenters. The summed E-state index contributed by atoms with van der Waals surface area (Å²) in [5, 5.41) is 16.0. The maximum atomic E-state index is 13.6. The lowest BCUT2D eigenvalue weighted by molar-refractivity contribution is 0.0285. The second-order valence-electron chi connectivity index (χ2n) is 9.82. The third kappa shape index (κ3) is 5.28. The molecule has 3 rings (SSSR count). The number of hydrogen-bond donors (Lipinski definition) is 2. The van der Waals surface area contributed by atoms with Crippen LogP contribution in [0, 0.1) is 19.3 Å². The fourth-order valence-corrected chi connectivity index (χ4v) is 4.34. The summed E-state index contributed by atoms with van der Waals surface area (Å²) in [4.78, 5) is 28.4. The second kappa shape index (κ2) is 9.39. The van der Waals surface area contributed by atoms with Crippen molar-refractivity contribution in [3.63, 3.8) is 0 Å². The molecule has 2 N–H and O–H groups in total. The van der Waals surface area contributed by atoms with Crippen LogP contribution in [0.5, 0.6) is 0 Å². The molecule has 2 aromatic carbocycles. The van der Waals surface area contributed by atoms with Crippen molar-refractivity contribution < 1.29 is 14.6 Å². The zero-order valence-corrected chi connectivity index (χ0v) is 20.5. The number of aryl methyl sites for hydroxylation is 2. The van der Waals surface area contributed by atoms with Gasteiger partial charge in [-0.2, -0.15) is 5.10 Å². The fraction of sp³-hybridized carbons (Fsp3) is 0.400. The smallest absolute Gasteiger partial charge is 0.428 e. The molecule has 174 valence electrons. The summed E-state index contributed by atoms with van der Waals surface area (Å²) in [5.41, 5.74) is 6.83. The highest BCUT2D eigenvalue weighted by atomic mass is 16.2. The van der Waals surface area contributed by atoms with E-state index in [-0.39, 0.29) is 17.4 Å². The second-order valence-corrected chi connectivity index (χ2v) is 9.82. The van der Waals surface area contributed by atoms with Crippen molar-refractivity contribution >= 4 is 30.5 Å². The number of carbonyl (C=O) groups excluding carboxylic acids is 2. The molecule has 1 unspecified atom stereocenters. The van der Waals surface area contributed by atoms with E-state index in [0.717, 1.165) is 16.7 Å². The van der Waals surface area contributed by atoms with Gasteiger partial charge >= 0.3 is 7.05 Å². The van der Waals surface area contributed by atoms with Crippen LogP contribution in [0.25, 0.3) is 0 Å². The zero-order valence-electron chi connectivity index (χ0n) is 20.5. The van der Waals surface area contributed by atoms with Crippen LogP contribution in [0.2, 0.25) is 0 Å². The molecule has 0 bridgehead atoms. The maximum Gasteiger partial charge on any atom is 0.466 e. The molecule has 0 aliphatic carbocycles. The van der Waals surface area contributed by atoms with E-state index in [1.807, 2.05) is 39.0 Å². The number of benzene rings is 2. The summed E-state index contributed by atoms with van der Waals surface area (Å²) in [6, 6.07) is 10.5. The van der Waals surface area contributed by atoms with E-state index in [2.05, 4.69) is 31.3 Å². The van der Waals surface area contributed by atoms with Crippen molar-refractivity contribution in [3.8, 4) is 0 Å². The first-order valence-electron chi connectivity index (χ1n) is 11.2. The number of hydrogen-bond acceptors (Lipinski definition) is 5. The van der Waals surface area contributed by atoms with Gasteiger partial charge in [-0.05, 0) is 61.0 Å². The van der Waals surface area contributed by atoms with E-state index in [1.54, 1.807) is 31.5 Å². The van der Waals surface area contributed by atoms with Gasteiger partial charge in [-0.25, -0.2) is 5.01 Å². The van der Waals surface area contributed by atoms with E-state index < -0.39 is 13.0 Å². The van der Waals surface area contributed by atoms with Gasteiger partial charge in [-0.1, -0.05) is 51.0 Å². The van der Waals surface area contributed by atoms with Gasteiger partial charge in [0.05, 0.1) is 12.3 Å². The summed E-state index contributed by atoms with van der Waals surface area (Å²) in [6.45, 7) is 12.1. The molecule has 0 saturated carbocycles. The molecular formula is C25H33BN4O3. The van der Waals surface area contributed by atoms with Crippen LogP contribution < -0.4 is 10.9 Å². The quantitative estimate of drug-likeness (QED) is 0.557. The Kier molecular flexibility index (Phi) is 6.98. The Bertz CT molecular complexity index is 1070. The average molecular weight is 448 g/mol. The summed E-state index contributed by atoms with van der Waals surface area (Å²) in [6.07, 6.45) is 2.32. The van der Waals surface area contributed by atoms with Crippen molar-refractivity contribution in [1.82, 2.24) is 15.4 Å². The normalized spacial score (nSPS) is 14.1. The highest BCUT2D eigenvalue weighted by Crippen LogP contribution is 2.27. The predicted octanol–water partition coefficient (Wildman–Crippen LogP) is 2.88. The van der Waals surface area contributed by atoms with E-state index in [0.29, 0.717) is 23.0 Å². The number of rotatable bonds is 4. The average Bonchev–Trinajstić information content (AvgIpc) is 2.73. The molecule has 1 heterocycles. The van der Waals surface area contributed by atoms with Gasteiger partial charge in [0.25, 0.3) is 11.8 Å². The van der Waals surface area contributed by atoms with E-state index >= 15 is 0 Å². The van der Waals surface area contributed by atoms with Crippen molar-refractivity contribution in [2.45, 2.75) is 54.0 Å². The van der Waals surface area contributed by atoms with E-state index in [4.69, 9.17) is 0 Å². The Morgan fingerprint density at radius 2 is 1.76 bits per heavy atom. The number of hydrazone groups is 1. The Morgan fingerprint density at radius 3 is 2.33 bits per heavy atom. The first-order chi connectivity index (χ1) is 15.4. The molecule has 0 saturated heterocycles. The Hall–Kier alpha value is -3.13. The zero-order chi connectivity index (χ0) is 24.5. The highest BCUT2D eigenvalue weighted by Gasteiger charge is 2.35. The SMILES string of the molecule is CCC(N(NC(=O)c1ccc2c(c1)B(O)N(C)N=C2)C(=O)c1cc(C)cc(C)c1)C(C)(C)C. The molecule has 8 heteroatoms. The van der Waals surface area contributed by atoms with Crippen LogP contribution in [-0.4, -0.2) is 53.1 Å². The number of hydrazine groups is 1. The minimum absolute atomic E-state index is 0.226. The molecule has 0 fully saturated rings. The topological polar surface area (TPSA) is 85.2 Å². The van der Waals surface area contributed by atoms with E-state index in [1.165, 1.54) is 9.93 Å². The van der Waals surface area contributed by atoms with Gasteiger partial charge in [0, 0.05) is 18.2 Å². The van der Waals surface area contributed by atoms with Crippen LogP contribution in [0.15, 0.2) is 41.5 Å². The molecule has 0 aromatic heterocycles. The first kappa shape index (κ1) is 24.5. The number of amides is 2. The predicted molar refractivity (Wildman–Crippen MR) is 132 cm³/mol. The maximum absolute atomic E-state index is 13.6. The van der Waals surface area contributed by atoms with Crippen LogP contribution in [0.1, 0.15) is 71.5 Å². The van der Waals surface area contributed by atoms with Gasteiger partial charge < -0.3 is 9.94 Å². The summed E-state index contributed by atoms with van der Waals surface area (Å²) in [7, 11) is 0.722. The molecule has 7 nitrogen and oxygen atoms in total. The number of carbonyl (C=O) groups is 2. The molecule has 1 aliphatic heterocycles. The molecule has 0 radical (unpaired) electrons. The third-order valence-electron chi connectivity index (χ3n) is 5.97. The van der Waals surface area contributed by atoms with Gasteiger partial charge in [-0.3, -0.25) is 15.0 Å². The third-order valence-corrected chi connectivity index (χ3v) is 5.97. The van der Waals surface area contributed by atoms with Crippen molar-refractivity contribution in [2.75, 3.05) is 7.05 Å². The summed E-state index contributed by atoms with van der Waals surface area (Å²) < 4.78 is 0. The van der Waals surface area contributed by atoms with Gasteiger partial charge in [-0.15, -0.1) is 0 Å². The number of fused-ring (bicyclic) bond motifs is 1. The Balaban J connectivity index is 1.97. The van der Waals surface area contributed by atoms with Crippen molar-refractivity contribution in [2.24, 2.45) is 10.5 Å². The molecule has 2 aromatic rings. The fourth-order valence-electron chi connectivity index (χ4n) is 4.34.